The van der Waals surface area contributed by atoms with E-state index in [0.29, 0.717) is 58.7 Å². The van der Waals surface area contributed by atoms with Gasteiger partial charge in [0, 0.05) is 19.3 Å². The van der Waals surface area contributed by atoms with Crippen LogP contribution >= 0.6 is 0 Å². The van der Waals surface area contributed by atoms with Gasteiger partial charge in [0.15, 0.2) is 12.3 Å². The zero-order valence-electron chi connectivity index (χ0n) is 26.5. The molecule has 8 atom stereocenters. The number of unbranched alkanes of at least 4 members (excludes halogenated alkanes) is 10. The maximum absolute atomic E-state index is 15.2. The quantitative estimate of drug-likeness (QED) is 0.0191. The van der Waals surface area contributed by atoms with Gasteiger partial charge >= 0.3 is 5.97 Å². The van der Waals surface area contributed by atoms with E-state index in [4.69, 9.17) is 24.0 Å². The largest absolute Gasteiger partial charge is 0.463 e. The monoisotopic (exact) mass is 636 g/mol. The van der Waals surface area contributed by atoms with Crippen LogP contribution in [0.25, 0.3) is 0 Å². The third-order valence-electron chi connectivity index (χ3n) is 8.76. The number of ether oxygens (including phenoxy) is 3. The molecule has 10 heteroatoms. The molecule has 0 heterocycles. The molecule has 2 fully saturated rings. The average molecular weight is 637 g/mol. The first-order chi connectivity index (χ1) is 21.4. The number of alkyl halides is 4. The van der Waals surface area contributed by atoms with E-state index < -0.39 is 54.7 Å². The molecule has 44 heavy (non-hydrogen) atoms. The number of esters is 1. The lowest BCUT2D eigenvalue weighted by atomic mass is 9.69. The SMILES string of the molecule is C=CCOOCCCCCCCCOC1CCC(C2CCC(OCCCCCCCCOC(=O)C=C)C(F)C2F)C(F)C1F. The van der Waals surface area contributed by atoms with Crippen molar-refractivity contribution < 1.29 is 46.3 Å². The Hall–Kier alpha value is -1.49. The highest BCUT2D eigenvalue weighted by molar-refractivity contribution is 5.81. The van der Waals surface area contributed by atoms with Crippen molar-refractivity contribution in [2.75, 3.05) is 33.0 Å². The molecule has 0 aromatic rings. The minimum absolute atomic E-state index is 0.292. The summed E-state index contributed by atoms with van der Waals surface area (Å²) in [6.07, 6.45) is 6.08. The highest BCUT2D eigenvalue weighted by Gasteiger charge is 2.50. The highest BCUT2D eigenvalue weighted by Crippen LogP contribution is 2.44. The molecule has 0 N–H and O–H groups in total. The van der Waals surface area contributed by atoms with Crippen LogP contribution in [0.4, 0.5) is 17.6 Å². The van der Waals surface area contributed by atoms with Gasteiger partial charge in [-0.05, 0) is 63.2 Å². The highest BCUT2D eigenvalue weighted by atomic mass is 19.2. The molecule has 6 nitrogen and oxygen atoms in total. The Morgan fingerprint density at radius 2 is 1.00 bits per heavy atom. The average Bonchev–Trinajstić information content (AvgIpc) is 3.02. The topological polar surface area (TPSA) is 63.2 Å². The fourth-order valence-electron chi connectivity index (χ4n) is 6.22. The zero-order valence-corrected chi connectivity index (χ0v) is 26.5. The number of rotatable bonds is 25. The van der Waals surface area contributed by atoms with E-state index in [1.165, 1.54) is 0 Å². The molecule has 0 aliphatic heterocycles. The molecule has 2 saturated carbocycles. The normalized spacial score (nSPS) is 28.9. The minimum Gasteiger partial charge on any atom is -0.463 e. The second-order valence-electron chi connectivity index (χ2n) is 12.1. The van der Waals surface area contributed by atoms with Crippen molar-refractivity contribution in [1.82, 2.24) is 0 Å². The van der Waals surface area contributed by atoms with Gasteiger partial charge in [-0.3, -0.25) is 0 Å². The Morgan fingerprint density at radius 1 is 0.568 bits per heavy atom. The Kier molecular flexibility index (Phi) is 20.9. The lowest BCUT2D eigenvalue weighted by molar-refractivity contribution is -0.286. The Balaban J connectivity index is 1.54. The van der Waals surface area contributed by atoms with Gasteiger partial charge in [0.05, 0.1) is 25.4 Å². The summed E-state index contributed by atoms with van der Waals surface area (Å²) in [6, 6.07) is 0. The third-order valence-corrected chi connectivity index (χ3v) is 8.76. The van der Waals surface area contributed by atoms with Crippen LogP contribution < -0.4 is 0 Å². The lowest BCUT2D eigenvalue weighted by Crippen LogP contribution is -2.51. The predicted octanol–water partition coefficient (Wildman–Crippen LogP) is 8.47. The van der Waals surface area contributed by atoms with Gasteiger partial charge in [0.1, 0.15) is 19.0 Å². The molecule has 0 aromatic heterocycles. The maximum Gasteiger partial charge on any atom is 0.330 e. The van der Waals surface area contributed by atoms with Crippen molar-refractivity contribution in [1.29, 1.82) is 0 Å². The van der Waals surface area contributed by atoms with E-state index in [-0.39, 0.29) is 0 Å². The van der Waals surface area contributed by atoms with Gasteiger partial charge < -0.3 is 14.2 Å². The van der Waals surface area contributed by atoms with Crippen LogP contribution in [0.2, 0.25) is 0 Å². The first-order valence-electron chi connectivity index (χ1n) is 16.8. The fraction of sp³-hybridized carbons (Fsp3) is 0.853. The van der Waals surface area contributed by atoms with E-state index >= 15 is 8.78 Å². The van der Waals surface area contributed by atoms with Crippen molar-refractivity contribution in [3.05, 3.63) is 25.3 Å². The maximum atomic E-state index is 15.2. The number of hydrogen-bond donors (Lipinski definition) is 0. The van der Waals surface area contributed by atoms with Gasteiger partial charge in [-0.2, -0.15) is 0 Å². The third kappa shape index (κ3) is 14.7. The van der Waals surface area contributed by atoms with Gasteiger partial charge in [0.2, 0.25) is 0 Å². The molecule has 2 rings (SSSR count). The summed E-state index contributed by atoms with van der Waals surface area (Å²) in [5.41, 5.74) is 0. The van der Waals surface area contributed by atoms with Crippen LogP contribution in [0.5, 0.6) is 0 Å². The molecular formula is C34H56F4O6. The number of halogens is 4. The molecule has 8 unspecified atom stereocenters. The zero-order chi connectivity index (χ0) is 32.0. The van der Waals surface area contributed by atoms with Crippen molar-refractivity contribution >= 4 is 5.97 Å². The number of carbonyl (C=O) groups is 1. The van der Waals surface area contributed by atoms with Crippen LogP contribution in [0, 0.1) is 11.8 Å². The van der Waals surface area contributed by atoms with E-state index in [0.717, 1.165) is 83.1 Å². The molecule has 2 aliphatic carbocycles. The first-order valence-corrected chi connectivity index (χ1v) is 16.8. The molecule has 0 bridgehead atoms. The van der Waals surface area contributed by atoms with E-state index in [9.17, 15) is 13.6 Å². The molecule has 0 radical (unpaired) electrons. The molecule has 0 saturated heterocycles. The second-order valence-corrected chi connectivity index (χ2v) is 12.1. The summed E-state index contributed by atoms with van der Waals surface area (Å²) < 4.78 is 76.6. The summed E-state index contributed by atoms with van der Waals surface area (Å²) in [6.45, 7) is 8.92. The predicted molar refractivity (Wildman–Crippen MR) is 163 cm³/mol. The summed E-state index contributed by atoms with van der Waals surface area (Å²) in [5, 5.41) is 0. The summed E-state index contributed by atoms with van der Waals surface area (Å²) in [7, 11) is 0. The summed E-state index contributed by atoms with van der Waals surface area (Å²) in [5.74, 6) is -2.10. The number of hydrogen-bond acceptors (Lipinski definition) is 6. The summed E-state index contributed by atoms with van der Waals surface area (Å²) in [4.78, 5) is 20.8. The van der Waals surface area contributed by atoms with Gasteiger partial charge in [-0.1, -0.05) is 64.0 Å². The fourth-order valence-corrected chi connectivity index (χ4v) is 6.22. The van der Waals surface area contributed by atoms with Crippen LogP contribution in [0.15, 0.2) is 25.3 Å². The Bertz CT molecular complexity index is 774. The Morgan fingerprint density at radius 3 is 1.45 bits per heavy atom. The summed E-state index contributed by atoms with van der Waals surface area (Å²) >= 11 is 0. The van der Waals surface area contributed by atoms with E-state index in [1.807, 2.05) is 0 Å². The van der Waals surface area contributed by atoms with Gasteiger partial charge in [0.25, 0.3) is 0 Å². The minimum atomic E-state index is -1.86. The molecule has 2 aliphatic rings. The molecule has 0 amide bonds. The first kappa shape index (κ1) is 38.7. The number of carbonyl (C=O) groups excluding carboxylic acids is 1. The van der Waals surface area contributed by atoms with Crippen LogP contribution in [0.3, 0.4) is 0 Å². The van der Waals surface area contributed by atoms with E-state index in [2.05, 4.69) is 13.2 Å². The lowest BCUT2D eigenvalue weighted by Gasteiger charge is -2.43. The van der Waals surface area contributed by atoms with Gasteiger partial charge in [-0.15, -0.1) is 6.58 Å². The molecule has 0 spiro atoms. The van der Waals surface area contributed by atoms with Crippen LogP contribution in [0.1, 0.15) is 103 Å². The molecule has 0 aromatic carbocycles. The van der Waals surface area contributed by atoms with Crippen LogP contribution in [-0.2, 0) is 28.8 Å². The standard InChI is InChI=1S/C34H56F4O6/c1-3-21-43-44-25-16-12-8-7-10-14-23-41-29-20-18-27(32(36)34(29)38)26-17-19-28(33(37)31(26)35)40-22-13-9-5-6-11-15-24-42-30(39)4-2/h3-4,26-29,31-34H,1-2,5-25H2. The van der Waals surface area contributed by atoms with Crippen molar-refractivity contribution in [2.24, 2.45) is 11.8 Å². The van der Waals surface area contributed by atoms with E-state index in [1.54, 1.807) is 6.08 Å². The Labute approximate surface area is 262 Å². The van der Waals surface area contributed by atoms with Crippen LogP contribution in [-0.4, -0.2) is 75.9 Å². The molecular weight excluding hydrogens is 580 g/mol. The van der Waals surface area contributed by atoms with Crippen molar-refractivity contribution in [3.63, 3.8) is 0 Å². The molecule has 256 valence electrons. The second kappa shape index (κ2) is 23.8. The van der Waals surface area contributed by atoms with Crippen molar-refractivity contribution in [2.45, 2.75) is 140 Å². The van der Waals surface area contributed by atoms with Gasteiger partial charge in [-0.25, -0.2) is 32.1 Å². The van der Waals surface area contributed by atoms with Crippen molar-refractivity contribution in [3.8, 4) is 0 Å². The smallest absolute Gasteiger partial charge is 0.330 e.